The van der Waals surface area contributed by atoms with E-state index in [2.05, 4.69) is 13.8 Å². The molecule has 2 amide bonds. The summed E-state index contributed by atoms with van der Waals surface area (Å²) in [7, 11) is 0. The topological polar surface area (TPSA) is 37.4 Å². The van der Waals surface area contributed by atoms with E-state index in [0.717, 1.165) is 6.42 Å². The maximum atomic E-state index is 11.6. The molecule has 1 aliphatic rings. The van der Waals surface area contributed by atoms with Crippen molar-refractivity contribution in [2.24, 2.45) is 5.92 Å². The van der Waals surface area contributed by atoms with Gasteiger partial charge in [0.05, 0.1) is 0 Å². The van der Waals surface area contributed by atoms with Crippen molar-refractivity contribution < 1.29 is 9.59 Å². The first-order valence-electron chi connectivity index (χ1n) is 5.04. The van der Waals surface area contributed by atoms with E-state index in [9.17, 15) is 9.59 Å². The summed E-state index contributed by atoms with van der Waals surface area (Å²) in [5.74, 6) is 0.0466. The van der Waals surface area contributed by atoms with Crippen molar-refractivity contribution in [3.05, 3.63) is 11.6 Å². The zero-order valence-corrected chi connectivity index (χ0v) is 9.20. The molecule has 0 aromatic carbocycles. The standard InChI is InChI=1S/C11H17NO2/c1-5-7(2)9(4)12-10(13)6-8(3)11(12)14/h6-7,9H,5H2,1-4H3. The molecule has 3 nitrogen and oxygen atoms in total. The van der Waals surface area contributed by atoms with E-state index in [1.54, 1.807) is 6.92 Å². The first-order chi connectivity index (χ1) is 6.49. The first kappa shape index (κ1) is 11.0. The predicted molar refractivity (Wildman–Crippen MR) is 54.5 cm³/mol. The first-order valence-corrected chi connectivity index (χ1v) is 5.04. The summed E-state index contributed by atoms with van der Waals surface area (Å²) in [4.78, 5) is 24.5. The summed E-state index contributed by atoms with van der Waals surface area (Å²) < 4.78 is 0. The van der Waals surface area contributed by atoms with E-state index < -0.39 is 0 Å². The minimum atomic E-state index is -0.166. The third-order valence-electron chi connectivity index (χ3n) is 3.01. The van der Waals surface area contributed by atoms with E-state index in [1.165, 1.54) is 11.0 Å². The molecule has 14 heavy (non-hydrogen) atoms. The van der Waals surface area contributed by atoms with E-state index in [-0.39, 0.29) is 17.9 Å². The largest absolute Gasteiger partial charge is 0.272 e. The van der Waals surface area contributed by atoms with Gasteiger partial charge in [0.15, 0.2) is 0 Å². The van der Waals surface area contributed by atoms with E-state index >= 15 is 0 Å². The molecule has 0 saturated heterocycles. The van der Waals surface area contributed by atoms with Crippen LogP contribution in [-0.2, 0) is 9.59 Å². The number of nitrogens with zero attached hydrogens (tertiary/aromatic N) is 1. The number of imide groups is 1. The number of rotatable bonds is 3. The second-order valence-corrected chi connectivity index (χ2v) is 3.97. The maximum absolute atomic E-state index is 11.6. The Balaban J connectivity index is 2.81. The predicted octanol–water partition coefficient (Wildman–Crippen LogP) is 1.74. The van der Waals surface area contributed by atoms with Crippen molar-refractivity contribution in [2.45, 2.75) is 40.2 Å². The van der Waals surface area contributed by atoms with Crippen LogP contribution in [0.25, 0.3) is 0 Å². The Labute approximate surface area is 84.8 Å². The number of amides is 2. The highest BCUT2D eigenvalue weighted by molar-refractivity contribution is 6.16. The lowest BCUT2D eigenvalue weighted by molar-refractivity contribution is -0.140. The lowest BCUT2D eigenvalue weighted by Gasteiger charge is -2.27. The molecule has 0 aliphatic carbocycles. The Bertz CT molecular complexity index is 294. The van der Waals surface area contributed by atoms with Gasteiger partial charge in [-0.3, -0.25) is 14.5 Å². The van der Waals surface area contributed by atoms with Gasteiger partial charge in [-0.25, -0.2) is 0 Å². The van der Waals surface area contributed by atoms with Crippen molar-refractivity contribution in [2.75, 3.05) is 0 Å². The second kappa shape index (κ2) is 3.95. The Morgan fingerprint density at radius 3 is 2.29 bits per heavy atom. The van der Waals surface area contributed by atoms with Crippen LogP contribution in [0.4, 0.5) is 0 Å². The number of hydrogen-bond donors (Lipinski definition) is 0. The average Bonchev–Trinajstić information content (AvgIpc) is 2.39. The highest BCUT2D eigenvalue weighted by atomic mass is 16.2. The third-order valence-corrected chi connectivity index (χ3v) is 3.01. The smallest absolute Gasteiger partial charge is 0.256 e. The zero-order valence-electron chi connectivity index (χ0n) is 9.20. The zero-order chi connectivity index (χ0) is 10.9. The Morgan fingerprint density at radius 1 is 1.36 bits per heavy atom. The van der Waals surface area contributed by atoms with Gasteiger partial charge in [0.2, 0.25) is 0 Å². The fourth-order valence-electron chi connectivity index (χ4n) is 1.59. The average molecular weight is 195 g/mol. The Morgan fingerprint density at radius 2 is 1.93 bits per heavy atom. The summed E-state index contributed by atoms with van der Waals surface area (Å²) in [6, 6.07) is -0.00583. The molecule has 1 rings (SSSR count). The van der Waals surface area contributed by atoms with Gasteiger partial charge >= 0.3 is 0 Å². The summed E-state index contributed by atoms with van der Waals surface area (Å²) >= 11 is 0. The van der Waals surface area contributed by atoms with Crippen molar-refractivity contribution in [3.8, 4) is 0 Å². The molecule has 2 atom stereocenters. The minimum absolute atomic E-state index is 0.00583. The van der Waals surface area contributed by atoms with Crippen molar-refractivity contribution in [1.29, 1.82) is 0 Å². The van der Waals surface area contributed by atoms with Gasteiger partial charge in [-0.1, -0.05) is 20.3 Å². The fraction of sp³-hybridized carbons (Fsp3) is 0.636. The van der Waals surface area contributed by atoms with Crippen molar-refractivity contribution in [1.82, 2.24) is 4.90 Å². The normalized spacial score (nSPS) is 21.1. The molecule has 0 spiro atoms. The summed E-state index contributed by atoms with van der Waals surface area (Å²) in [5, 5.41) is 0. The molecular formula is C11H17NO2. The van der Waals surface area contributed by atoms with Crippen LogP contribution in [0.5, 0.6) is 0 Å². The van der Waals surface area contributed by atoms with Crippen LogP contribution in [0.1, 0.15) is 34.1 Å². The number of carbonyl (C=O) groups is 2. The lowest BCUT2D eigenvalue weighted by atomic mass is 9.99. The number of hydrogen-bond acceptors (Lipinski definition) is 2. The summed E-state index contributed by atoms with van der Waals surface area (Å²) in [5.41, 5.74) is 0.546. The molecule has 0 saturated carbocycles. The Hall–Kier alpha value is -1.12. The van der Waals surface area contributed by atoms with E-state index in [1.807, 2.05) is 6.92 Å². The molecule has 0 N–H and O–H groups in total. The monoisotopic (exact) mass is 195 g/mol. The van der Waals surface area contributed by atoms with Crippen LogP contribution < -0.4 is 0 Å². The number of carbonyl (C=O) groups excluding carboxylic acids is 2. The van der Waals surface area contributed by atoms with Gasteiger partial charge in [-0.2, -0.15) is 0 Å². The van der Waals surface area contributed by atoms with E-state index in [0.29, 0.717) is 11.5 Å². The lowest BCUT2D eigenvalue weighted by Crippen LogP contribution is -2.42. The Kier molecular flexibility index (Phi) is 3.09. The van der Waals surface area contributed by atoms with Crippen LogP contribution in [0.15, 0.2) is 11.6 Å². The molecule has 0 bridgehead atoms. The molecule has 1 aliphatic heterocycles. The fourth-order valence-corrected chi connectivity index (χ4v) is 1.59. The van der Waals surface area contributed by atoms with Crippen LogP contribution in [-0.4, -0.2) is 22.8 Å². The molecule has 0 aromatic heterocycles. The van der Waals surface area contributed by atoms with Crippen LogP contribution >= 0.6 is 0 Å². The third kappa shape index (κ3) is 1.72. The summed E-state index contributed by atoms with van der Waals surface area (Å²) in [6.07, 6.45) is 2.39. The molecule has 2 unspecified atom stereocenters. The van der Waals surface area contributed by atoms with Gasteiger partial charge in [-0.05, 0) is 19.8 Å². The minimum Gasteiger partial charge on any atom is -0.272 e. The molecule has 3 heteroatoms. The van der Waals surface area contributed by atoms with Gasteiger partial charge < -0.3 is 0 Å². The highest BCUT2D eigenvalue weighted by Crippen LogP contribution is 2.21. The molecule has 0 fully saturated rings. The van der Waals surface area contributed by atoms with Gasteiger partial charge in [0.25, 0.3) is 11.8 Å². The SMILES string of the molecule is CCC(C)C(C)N1C(=O)C=C(C)C1=O. The van der Waals surface area contributed by atoms with Crippen LogP contribution in [0.2, 0.25) is 0 Å². The van der Waals surface area contributed by atoms with Crippen molar-refractivity contribution >= 4 is 11.8 Å². The van der Waals surface area contributed by atoms with Gasteiger partial charge in [0.1, 0.15) is 0 Å². The summed E-state index contributed by atoms with van der Waals surface area (Å²) in [6.45, 7) is 7.73. The molecular weight excluding hydrogens is 178 g/mol. The molecule has 1 heterocycles. The van der Waals surface area contributed by atoms with Gasteiger partial charge in [0, 0.05) is 17.7 Å². The molecule has 0 aromatic rings. The maximum Gasteiger partial charge on any atom is 0.256 e. The van der Waals surface area contributed by atoms with E-state index in [4.69, 9.17) is 0 Å². The van der Waals surface area contributed by atoms with Crippen molar-refractivity contribution in [3.63, 3.8) is 0 Å². The van der Waals surface area contributed by atoms with Crippen LogP contribution in [0, 0.1) is 5.92 Å². The quantitative estimate of drug-likeness (QED) is 0.643. The van der Waals surface area contributed by atoms with Gasteiger partial charge in [-0.15, -0.1) is 0 Å². The molecule has 0 radical (unpaired) electrons. The highest BCUT2D eigenvalue weighted by Gasteiger charge is 2.33. The second-order valence-electron chi connectivity index (χ2n) is 3.97. The molecule has 78 valence electrons. The van der Waals surface area contributed by atoms with Crippen LogP contribution in [0.3, 0.4) is 0 Å².